The minimum atomic E-state index is -4.37. The van der Waals surface area contributed by atoms with Crippen LogP contribution in [0.5, 0.6) is 0 Å². The summed E-state index contributed by atoms with van der Waals surface area (Å²) in [5.74, 6) is -0.265. The first-order chi connectivity index (χ1) is 14.2. The molecule has 2 aromatic carbocycles. The number of benzene rings is 2. The number of anilines is 1. The SMILES string of the molecule is O=C(Nc1ccc(Cl)cc1)N1CCCN(C(=O)c2ccc(SC(F)(F)F)cc2)CC1. The van der Waals surface area contributed by atoms with E-state index >= 15 is 0 Å². The standard InChI is InChI=1S/C20H19ClF3N3O2S/c21-15-4-6-16(7-5-15)25-19(29)27-11-1-10-26(12-13-27)18(28)14-2-8-17(9-3-14)30-20(22,23)24/h2-9H,1,10-13H2,(H,25,29). The fourth-order valence-electron chi connectivity index (χ4n) is 3.04. The smallest absolute Gasteiger partial charge is 0.337 e. The summed E-state index contributed by atoms with van der Waals surface area (Å²) in [6.45, 7) is 1.64. The molecule has 0 bridgehead atoms. The number of hydrogen-bond donors (Lipinski definition) is 1. The van der Waals surface area contributed by atoms with E-state index in [-0.39, 0.29) is 28.6 Å². The Kier molecular flexibility index (Phi) is 7.14. The highest BCUT2D eigenvalue weighted by molar-refractivity contribution is 8.00. The molecule has 0 radical (unpaired) electrons. The van der Waals surface area contributed by atoms with Crippen molar-refractivity contribution in [3.05, 3.63) is 59.1 Å². The highest BCUT2D eigenvalue weighted by atomic mass is 35.5. The van der Waals surface area contributed by atoms with Crippen LogP contribution in [0.15, 0.2) is 53.4 Å². The van der Waals surface area contributed by atoms with Gasteiger partial charge in [-0.05, 0) is 66.7 Å². The van der Waals surface area contributed by atoms with Gasteiger partial charge in [0.1, 0.15) is 0 Å². The maximum absolute atomic E-state index is 12.7. The van der Waals surface area contributed by atoms with Gasteiger partial charge < -0.3 is 15.1 Å². The van der Waals surface area contributed by atoms with E-state index < -0.39 is 5.51 Å². The minimum absolute atomic E-state index is 0.0277. The van der Waals surface area contributed by atoms with Crippen LogP contribution in [0.2, 0.25) is 5.02 Å². The van der Waals surface area contributed by atoms with Crippen molar-refractivity contribution in [1.29, 1.82) is 0 Å². The molecule has 1 aliphatic rings. The number of carbonyl (C=O) groups excluding carboxylic acids is 2. The van der Waals surface area contributed by atoms with Crippen molar-refractivity contribution < 1.29 is 22.8 Å². The van der Waals surface area contributed by atoms with Crippen molar-refractivity contribution in [3.8, 4) is 0 Å². The molecule has 3 amide bonds. The van der Waals surface area contributed by atoms with Gasteiger partial charge in [0.15, 0.2) is 0 Å². The lowest BCUT2D eigenvalue weighted by molar-refractivity contribution is -0.0328. The zero-order valence-corrected chi connectivity index (χ0v) is 17.4. The second-order valence-electron chi connectivity index (χ2n) is 6.64. The highest BCUT2D eigenvalue weighted by Crippen LogP contribution is 2.36. The fourth-order valence-corrected chi connectivity index (χ4v) is 3.71. The number of urea groups is 1. The first-order valence-electron chi connectivity index (χ1n) is 9.18. The normalized spacial score (nSPS) is 14.9. The van der Waals surface area contributed by atoms with Crippen molar-refractivity contribution in [1.82, 2.24) is 9.80 Å². The predicted octanol–water partition coefficient (Wildman–Crippen LogP) is 5.33. The van der Waals surface area contributed by atoms with E-state index in [9.17, 15) is 22.8 Å². The van der Waals surface area contributed by atoms with Crippen molar-refractivity contribution in [2.24, 2.45) is 0 Å². The van der Waals surface area contributed by atoms with Crippen LogP contribution in [0.25, 0.3) is 0 Å². The van der Waals surface area contributed by atoms with Crippen LogP contribution in [0.4, 0.5) is 23.7 Å². The molecule has 0 saturated carbocycles. The van der Waals surface area contributed by atoms with E-state index in [4.69, 9.17) is 11.6 Å². The molecule has 1 aliphatic heterocycles. The van der Waals surface area contributed by atoms with E-state index in [2.05, 4.69) is 5.32 Å². The van der Waals surface area contributed by atoms with Gasteiger partial charge >= 0.3 is 11.5 Å². The Bertz CT molecular complexity index is 892. The van der Waals surface area contributed by atoms with Gasteiger partial charge in [-0.1, -0.05) is 11.6 Å². The van der Waals surface area contributed by atoms with Gasteiger partial charge in [0.25, 0.3) is 5.91 Å². The summed E-state index contributed by atoms with van der Waals surface area (Å²) >= 11 is 5.62. The zero-order valence-electron chi connectivity index (χ0n) is 15.8. The first-order valence-corrected chi connectivity index (χ1v) is 10.4. The molecule has 10 heteroatoms. The minimum Gasteiger partial charge on any atom is -0.337 e. The lowest BCUT2D eigenvalue weighted by atomic mass is 10.2. The van der Waals surface area contributed by atoms with Crippen molar-refractivity contribution in [2.75, 3.05) is 31.5 Å². The highest BCUT2D eigenvalue weighted by Gasteiger charge is 2.29. The van der Waals surface area contributed by atoms with Crippen LogP contribution >= 0.6 is 23.4 Å². The third kappa shape index (κ3) is 6.30. The summed E-state index contributed by atoms with van der Waals surface area (Å²) in [5.41, 5.74) is -3.43. The van der Waals surface area contributed by atoms with E-state index in [1.54, 1.807) is 34.1 Å². The number of nitrogens with one attached hydrogen (secondary N) is 1. The molecule has 1 N–H and O–H groups in total. The number of thioether (sulfide) groups is 1. The van der Waals surface area contributed by atoms with Crippen LogP contribution in [-0.4, -0.2) is 53.4 Å². The molecule has 1 heterocycles. The van der Waals surface area contributed by atoms with E-state index in [1.165, 1.54) is 24.3 Å². The summed E-state index contributed by atoms with van der Waals surface area (Å²) < 4.78 is 37.3. The largest absolute Gasteiger partial charge is 0.446 e. The molecule has 0 spiro atoms. The van der Waals surface area contributed by atoms with Gasteiger partial charge in [-0.3, -0.25) is 4.79 Å². The number of hydrogen-bond acceptors (Lipinski definition) is 3. The van der Waals surface area contributed by atoms with E-state index in [0.717, 1.165) is 0 Å². The Balaban J connectivity index is 1.57. The Labute approximate surface area is 181 Å². The molecule has 1 fully saturated rings. The van der Waals surface area contributed by atoms with Gasteiger partial charge in [0.05, 0.1) is 0 Å². The zero-order chi connectivity index (χ0) is 21.7. The molecule has 0 aliphatic carbocycles. The summed E-state index contributed by atoms with van der Waals surface area (Å²) in [6.07, 6.45) is 0.599. The number of nitrogens with zero attached hydrogens (tertiary/aromatic N) is 2. The van der Waals surface area contributed by atoms with Gasteiger partial charge in [0, 0.05) is 47.3 Å². The molecular formula is C20H19ClF3N3O2S. The maximum Gasteiger partial charge on any atom is 0.446 e. The molecule has 0 unspecified atom stereocenters. The molecule has 0 atom stereocenters. The maximum atomic E-state index is 12.7. The van der Waals surface area contributed by atoms with Crippen LogP contribution in [0, 0.1) is 0 Å². The van der Waals surface area contributed by atoms with Crippen LogP contribution in [0.3, 0.4) is 0 Å². The number of amides is 3. The van der Waals surface area contributed by atoms with E-state index in [1.807, 2.05) is 0 Å². The Morgan fingerprint density at radius 3 is 2.13 bits per heavy atom. The van der Waals surface area contributed by atoms with Crippen molar-refractivity contribution in [3.63, 3.8) is 0 Å². The number of alkyl halides is 3. The van der Waals surface area contributed by atoms with Crippen LogP contribution in [0.1, 0.15) is 16.8 Å². The van der Waals surface area contributed by atoms with Gasteiger partial charge in [-0.15, -0.1) is 0 Å². The summed E-state index contributed by atoms with van der Waals surface area (Å²) in [5, 5.41) is 3.37. The topological polar surface area (TPSA) is 52.7 Å². The summed E-state index contributed by atoms with van der Waals surface area (Å²) in [4.78, 5) is 28.5. The van der Waals surface area contributed by atoms with Crippen LogP contribution in [-0.2, 0) is 0 Å². The molecule has 1 saturated heterocycles. The van der Waals surface area contributed by atoms with Crippen molar-refractivity contribution in [2.45, 2.75) is 16.8 Å². The lowest BCUT2D eigenvalue weighted by Gasteiger charge is -2.22. The quantitative estimate of drug-likeness (QED) is 0.634. The summed E-state index contributed by atoms with van der Waals surface area (Å²) in [7, 11) is 0. The average Bonchev–Trinajstić information content (AvgIpc) is 2.95. The Morgan fingerprint density at radius 1 is 0.900 bits per heavy atom. The number of carbonyl (C=O) groups is 2. The van der Waals surface area contributed by atoms with Crippen molar-refractivity contribution >= 4 is 41.0 Å². The Morgan fingerprint density at radius 2 is 1.50 bits per heavy atom. The van der Waals surface area contributed by atoms with E-state index in [0.29, 0.717) is 48.9 Å². The number of halogens is 4. The second-order valence-corrected chi connectivity index (χ2v) is 8.22. The van der Waals surface area contributed by atoms with Gasteiger partial charge in [0.2, 0.25) is 0 Å². The van der Waals surface area contributed by atoms with Gasteiger partial charge in [-0.25, -0.2) is 4.79 Å². The van der Waals surface area contributed by atoms with Crippen LogP contribution < -0.4 is 5.32 Å². The third-order valence-corrected chi connectivity index (χ3v) is 5.49. The second kappa shape index (κ2) is 9.61. The fraction of sp³-hybridized carbons (Fsp3) is 0.300. The molecule has 30 heavy (non-hydrogen) atoms. The third-order valence-electron chi connectivity index (χ3n) is 4.50. The first kappa shape index (κ1) is 22.3. The molecule has 2 aromatic rings. The average molecular weight is 458 g/mol. The lowest BCUT2D eigenvalue weighted by Crippen LogP contribution is -2.39. The molecule has 160 valence electrons. The number of rotatable bonds is 3. The summed E-state index contributed by atoms with van der Waals surface area (Å²) in [6, 6.07) is 11.9. The monoisotopic (exact) mass is 457 g/mol. The van der Waals surface area contributed by atoms with Gasteiger partial charge in [-0.2, -0.15) is 13.2 Å². The molecule has 3 rings (SSSR count). The molecule has 5 nitrogen and oxygen atoms in total. The predicted molar refractivity (Wildman–Crippen MR) is 111 cm³/mol. The molecule has 0 aromatic heterocycles. The molecular weight excluding hydrogens is 439 g/mol. The Hall–Kier alpha value is -2.39.